The molecule has 1 amide bonds. The van der Waals surface area contributed by atoms with Crippen molar-refractivity contribution in [3.05, 3.63) is 29.8 Å². The second-order valence-corrected chi connectivity index (χ2v) is 8.46. The molecule has 0 unspecified atom stereocenters. The van der Waals surface area contributed by atoms with E-state index in [1.54, 1.807) is 0 Å². The molecule has 7 nitrogen and oxygen atoms in total. The predicted molar refractivity (Wildman–Crippen MR) is 106 cm³/mol. The van der Waals surface area contributed by atoms with Crippen LogP contribution in [-0.4, -0.2) is 86.2 Å². The Labute approximate surface area is 171 Å². The average molecular weight is 402 g/mol. The Morgan fingerprint density at radius 1 is 1.03 bits per heavy atom. The smallest absolute Gasteiger partial charge is 0.254 e. The monoisotopic (exact) mass is 402 g/mol. The summed E-state index contributed by atoms with van der Waals surface area (Å²) in [7, 11) is 0. The van der Waals surface area contributed by atoms with Gasteiger partial charge in [-0.1, -0.05) is 6.07 Å². The molecule has 29 heavy (non-hydrogen) atoms. The molecule has 3 heterocycles. The van der Waals surface area contributed by atoms with Crippen LogP contribution in [0.15, 0.2) is 24.3 Å². The van der Waals surface area contributed by atoms with E-state index >= 15 is 0 Å². The fourth-order valence-electron chi connectivity index (χ4n) is 4.88. The van der Waals surface area contributed by atoms with Crippen LogP contribution in [-0.2, 0) is 14.2 Å². The lowest BCUT2D eigenvalue weighted by molar-refractivity contribution is -0.187. The molecule has 4 aliphatic rings. The van der Waals surface area contributed by atoms with Crippen molar-refractivity contribution in [3.63, 3.8) is 0 Å². The highest BCUT2D eigenvalue weighted by molar-refractivity contribution is 5.94. The van der Waals surface area contributed by atoms with Gasteiger partial charge in [0.2, 0.25) is 0 Å². The van der Waals surface area contributed by atoms with E-state index in [0.29, 0.717) is 37.9 Å². The minimum atomic E-state index is -0.287. The van der Waals surface area contributed by atoms with Crippen LogP contribution < -0.4 is 4.74 Å². The first-order chi connectivity index (χ1) is 14.2. The second-order valence-electron chi connectivity index (χ2n) is 8.46. The van der Waals surface area contributed by atoms with Crippen LogP contribution in [0.1, 0.15) is 36.0 Å². The van der Waals surface area contributed by atoms with Crippen molar-refractivity contribution in [2.75, 3.05) is 52.6 Å². The van der Waals surface area contributed by atoms with Gasteiger partial charge in [0.15, 0.2) is 5.79 Å². The summed E-state index contributed by atoms with van der Waals surface area (Å²) in [5, 5.41) is 0. The third-order valence-electron chi connectivity index (χ3n) is 6.61. The molecule has 1 aromatic carbocycles. The molecule has 5 rings (SSSR count). The van der Waals surface area contributed by atoms with Crippen molar-refractivity contribution in [2.45, 2.75) is 43.6 Å². The lowest BCUT2D eigenvalue weighted by Gasteiger charge is -2.47. The number of nitrogens with zero attached hydrogens (tertiary/aromatic N) is 2. The summed E-state index contributed by atoms with van der Waals surface area (Å²) in [6.07, 6.45) is 4.42. The highest BCUT2D eigenvalue weighted by Gasteiger charge is 2.43. The van der Waals surface area contributed by atoms with Crippen molar-refractivity contribution in [3.8, 4) is 5.75 Å². The van der Waals surface area contributed by atoms with Gasteiger partial charge in [-0.25, -0.2) is 0 Å². The normalized spacial score (nSPS) is 25.9. The Hall–Kier alpha value is -1.67. The molecule has 0 bridgehead atoms. The Balaban J connectivity index is 1.11. The molecule has 0 N–H and O–H groups in total. The molecule has 0 radical (unpaired) electrons. The average Bonchev–Trinajstić information content (AvgIpc) is 3.20. The molecule has 1 aliphatic carbocycles. The van der Waals surface area contributed by atoms with Crippen molar-refractivity contribution in [2.24, 2.45) is 0 Å². The zero-order chi connectivity index (χ0) is 19.7. The van der Waals surface area contributed by atoms with Crippen LogP contribution in [0.5, 0.6) is 5.75 Å². The Kier molecular flexibility index (Phi) is 5.47. The molecule has 1 aromatic rings. The molecule has 1 saturated carbocycles. The number of ether oxygens (including phenoxy) is 4. The first-order valence-corrected chi connectivity index (χ1v) is 10.9. The van der Waals surface area contributed by atoms with Crippen LogP contribution in [0.2, 0.25) is 0 Å². The number of carbonyl (C=O) groups excluding carboxylic acids is 1. The number of hydrogen-bond acceptors (Lipinski definition) is 6. The quantitative estimate of drug-likeness (QED) is 0.767. The maximum Gasteiger partial charge on any atom is 0.254 e. The Bertz CT molecular complexity index is 714. The number of benzene rings is 1. The molecule has 0 atom stereocenters. The summed E-state index contributed by atoms with van der Waals surface area (Å²) in [6, 6.07) is 8.18. The summed E-state index contributed by atoms with van der Waals surface area (Å²) < 4.78 is 23.2. The Morgan fingerprint density at radius 3 is 2.48 bits per heavy atom. The van der Waals surface area contributed by atoms with Gasteiger partial charge in [0.1, 0.15) is 11.9 Å². The highest BCUT2D eigenvalue weighted by Crippen LogP contribution is 2.38. The minimum Gasteiger partial charge on any atom is -0.488 e. The zero-order valence-electron chi connectivity index (χ0n) is 16.9. The van der Waals surface area contributed by atoms with Crippen LogP contribution in [0.3, 0.4) is 0 Å². The van der Waals surface area contributed by atoms with Crippen molar-refractivity contribution < 1.29 is 23.7 Å². The van der Waals surface area contributed by atoms with Gasteiger partial charge < -0.3 is 23.8 Å². The molecular formula is C22H30N2O5. The summed E-state index contributed by atoms with van der Waals surface area (Å²) in [6.45, 7) is 5.89. The van der Waals surface area contributed by atoms with Gasteiger partial charge in [0, 0.05) is 50.6 Å². The number of hydrogen-bond donors (Lipinski definition) is 0. The van der Waals surface area contributed by atoms with E-state index in [2.05, 4.69) is 4.90 Å². The van der Waals surface area contributed by atoms with Gasteiger partial charge in [-0.3, -0.25) is 9.69 Å². The third kappa shape index (κ3) is 4.14. The van der Waals surface area contributed by atoms with E-state index in [4.69, 9.17) is 18.9 Å². The van der Waals surface area contributed by atoms with Gasteiger partial charge in [-0.2, -0.15) is 0 Å². The van der Waals surface area contributed by atoms with Gasteiger partial charge in [-0.05, 0) is 31.0 Å². The van der Waals surface area contributed by atoms with E-state index < -0.39 is 0 Å². The number of morpholine rings is 1. The maximum atomic E-state index is 12.7. The van der Waals surface area contributed by atoms with E-state index in [9.17, 15) is 4.79 Å². The molecule has 0 aromatic heterocycles. The van der Waals surface area contributed by atoms with Crippen LogP contribution in [0, 0.1) is 0 Å². The summed E-state index contributed by atoms with van der Waals surface area (Å²) in [5.74, 6) is 0.552. The number of rotatable bonds is 4. The molecular weight excluding hydrogens is 372 g/mol. The number of likely N-dealkylation sites (tertiary alicyclic amines) is 1. The largest absolute Gasteiger partial charge is 0.488 e. The van der Waals surface area contributed by atoms with E-state index in [-0.39, 0.29) is 17.8 Å². The number of carbonyl (C=O) groups is 1. The van der Waals surface area contributed by atoms with E-state index in [0.717, 1.165) is 57.7 Å². The SMILES string of the molecule is O=C(c1cccc(OC2CN(C3CCC4(CC3)OCCO4)C2)c1)N1CCOCC1. The zero-order valence-corrected chi connectivity index (χ0v) is 16.9. The highest BCUT2D eigenvalue weighted by atomic mass is 16.7. The molecule has 1 spiro atoms. The fraction of sp³-hybridized carbons (Fsp3) is 0.682. The van der Waals surface area contributed by atoms with E-state index in [1.165, 1.54) is 0 Å². The second kappa shape index (κ2) is 8.22. The first kappa shape index (κ1) is 19.3. The predicted octanol–water partition coefficient (Wildman–Crippen LogP) is 1.91. The van der Waals surface area contributed by atoms with Gasteiger partial charge >= 0.3 is 0 Å². The van der Waals surface area contributed by atoms with Crippen LogP contribution >= 0.6 is 0 Å². The summed E-state index contributed by atoms with van der Waals surface area (Å²) >= 11 is 0. The van der Waals surface area contributed by atoms with Gasteiger partial charge in [-0.15, -0.1) is 0 Å². The van der Waals surface area contributed by atoms with Crippen molar-refractivity contribution >= 4 is 5.91 Å². The number of amides is 1. The molecule has 3 saturated heterocycles. The molecule has 4 fully saturated rings. The lowest BCUT2D eigenvalue weighted by atomic mass is 9.87. The fourth-order valence-corrected chi connectivity index (χ4v) is 4.88. The minimum absolute atomic E-state index is 0.0569. The topological polar surface area (TPSA) is 60.5 Å². The Morgan fingerprint density at radius 2 is 1.76 bits per heavy atom. The third-order valence-corrected chi connectivity index (χ3v) is 6.61. The lowest BCUT2D eigenvalue weighted by Crippen LogP contribution is -2.59. The van der Waals surface area contributed by atoms with Crippen molar-refractivity contribution in [1.29, 1.82) is 0 Å². The van der Waals surface area contributed by atoms with Gasteiger partial charge in [0.25, 0.3) is 5.91 Å². The molecule has 158 valence electrons. The first-order valence-electron chi connectivity index (χ1n) is 10.9. The standard InChI is InChI=1S/C22H30N2O5/c25-21(23-8-10-26-11-9-23)17-2-1-3-19(14-17)29-20-15-24(16-20)18-4-6-22(7-5-18)27-12-13-28-22/h1-3,14,18,20H,4-13,15-16H2. The van der Waals surface area contributed by atoms with Crippen LogP contribution in [0.25, 0.3) is 0 Å². The van der Waals surface area contributed by atoms with Crippen molar-refractivity contribution in [1.82, 2.24) is 9.80 Å². The maximum absolute atomic E-state index is 12.7. The summed E-state index contributed by atoms with van der Waals surface area (Å²) in [5.41, 5.74) is 0.690. The molecule has 7 heteroatoms. The van der Waals surface area contributed by atoms with E-state index in [1.807, 2.05) is 29.2 Å². The molecule has 3 aliphatic heterocycles. The van der Waals surface area contributed by atoms with Crippen LogP contribution in [0.4, 0.5) is 0 Å². The summed E-state index contributed by atoms with van der Waals surface area (Å²) in [4.78, 5) is 17.0. The van der Waals surface area contributed by atoms with Gasteiger partial charge in [0.05, 0.1) is 26.4 Å².